The summed E-state index contributed by atoms with van der Waals surface area (Å²) in [5.41, 5.74) is 31.8. The molecule has 0 bridgehead atoms. The summed E-state index contributed by atoms with van der Waals surface area (Å²) in [6.45, 7) is 41.2. The summed E-state index contributed by atoms with van der Waals surface area (Å²) in [5, 5.41) is 2.59. The van der Waals surface area contributed by atoms with E-state index in [-0.39, 0.29) is 47.2 Å². The van der Waals surface area contributed by atoms with Crippen molar-refractivity contribution in [2.45, 2.75) is 152 Å². The summed E-state index contributed by atoms with van der Waals surface area (Å²) in [7, 11) is 0. The first kappa shape index (κ1) is 63.6. The first-order chi connectivity index (χ1) is 47.4. The summed E-state index contributed by atoms with van der Waals surface area (Å²) in [6, 6.07) is 67.2. The van der Waals surface area contributed by atoms with E-state index in [1.54, 1.807) is 11.9 Å². The summed E-state index contributed by atoms with van der Waals surface area (Å²) in [6.07, 6.45) is 2.23. The fraction of sp³-hybridized carbons (Fsp3) is 0.273. The Hall–Kier alpha value is -8.54. The van der Waals surface area contributed by atoms with Gasteiger partial charge >= 0.3 is 0 Å². The Balaban J connectivity index is 0.900. The van der Waals surface area contributed by atoms with Gasteiger partial charge in [-0.3, -0.25) is 4.31 Å². The van der Waals surface area contributed by atoms with Gasteiger partial charge in [0.25, 0.3) is 20.1 Å². The number of aryl methyl sites for hydroxylation is 3. The summed E-state index contributed by atoms with van der Waals surface area (Å²) >= 11 is 5.72. The SMILES string of the molecule is CSN1c2cc3c(cc2B2c4sc5ccc(C(C)(C)C)cc5c4N(c4ccc(C(C)(C)C)cc4)c4cc(C)cc1c42)B1c2cc4c(cc2Oc2cc(C)cc(c21)O3)N(c1ccc(C(C)(C)C)cc1)c1cc(C)cc2c1B4c1sc3ccc(C(C)(C)C)cc3c1N2c1ccc(C(C)(C)C)cc1. The highest BCUT2D eigenvalue weighted by Crippen LogP contribution is 2.53. The van der Waals surface area contributed by atoms with Crippen LogP contribution in [0.1, 0.15) is 148 Å². The van der Waals surface area contributed by atoms with Gasteiger partial charge in [0.15, 0.2) is 0 Å². The third-order valence-electron chi connectivity index (χ3n) is 22.3. The number of thiophene rings is 2. The third kappa shape index (κ3) is 9.50. The molecule has 0 saturated heterocycles. The maximum absolute atomic E-state index is 7.56. The minimum Gasteiger partial charge on any atom is -0.458 e. The molecule has 0 unspecified atom stereocenters. The van der Waals surface area contributed by atoms with E-state index in [2.05, 4.69) is 320 Å². The molecule has 6 aliphatic heterocycles. The monoisotopic (exact) mass is 1360 g/mol. The molecular weight excluding hydrogens is 1270 g/mol. The lowest BCUT2D eigenvalue weighted by molar-refractivity contribution is 0.464. The van der Waals surface area contributed by atoms with Crippen molar-refractivity contribution in [1.82, 2.24) is 0 Å². The van der Waals surface area contributed by atoms with Crippen LogP contribution in [0.4, 0.5) is 62.6 Å². The van der Waals surface area contributed by atoms with E-state index in [0.29, 0.717) is 0 Å². The van der Waals surface area contributed by atoms with Crippen molar-refractivity contribution < 1.29 is 9.47 Å². The van der Waals surface area contributed by atoms with Crippen LogP contribution in [0, 0.1) is 20.8 Å². The second-order valence-corrected chi connectivity index (χ2v) is 37.3. The van der Waals surface area contributed by atoms with Gasteiger partial charge in [-0.1, -0.05) is 165 Å². The Morgan fingerprint density at radius 1 is 0.320 bits per heavy atom. The van der Waals surface area contributed by atoms with Crippen LogP contribution in [0.5, 0.6) is 23.0 Å². The smallest absolute Gasteiger partial charge is 0.264 e. The Morgan fingerprint density at radius 3 is 1.08 bits per heavy atom. The van der Waals surface area contributed by atoms with E-state index in [0.717, 1.165) is 67.7 Å². The molecule has 0 fully saturated rings. The molecule has 100 heavy (non-hydrogen) atoms. The highest BCUT2D eigenvalue weighted by Gasteiger charge is 2.51. The van der Waals surface area contributed by atoms with Crippen LogP contribution < -0.4 is 76.3 Å². The average Bonchev–Trinajstić information content (AvgIpc) is 1.23. The highest BCUT2D eigenvalue weighted by molar-refractivity contribution is 8.00. The molecule has 496 valence electrons. The van der Waals surface area contributed by atoms with Crippen molar-refractivity contribution in [2.75, 3.05) is 25.3 Å². The molecule has 2 aromatic heterocycles. The van der Waals surface area contributed by atoms with Gasteiger partial charge in [0, 0.05) is 93.4 Å². The van der Waals surface area contributed by atoms with Crippen LogP contribution >= 0.6 is 34.6 Å². The lowest BCUT2D eigenvalue weighted by Gasteiger charge is -2.44. The second-order valence-electron chi connectivity index (χ2n) is 34.4. The van der Waals surface area contributed by atoms with Gasteiger partial charge in [-0.05, 0) is 234 Å². The van der Waals surface area contributed by atoms with Crippen molar-refractivity contribution >= 4 is 185 Å². The minimum absolute atomic E-state index is 0.00389. The van der Waals surface area contributed by atoms with Gasteiger partial charge in [0.05, 0.1) is 22.7 Å². The van der Waals surface area contributed by atoms with Gasteiger partial charge in [-0.2, -0.15) is 0 Å². The zero-order chi connectivity index (χ0) is 69.7. The summed E-state index contributed by atoms with van der Waals surface area (Å²) in [5.74, 6) is 3.45. The molecule has 18 rings (SSSR count). The fourth-order valence-electron chi connectivity index (χ4n) is 17.1. The number of anilines is 11. The van der Waals surface area contributed by atoms with Crippen LogP contribution in [-0.4, -0.2) is 26.4 Å². The molecule has 10 aromatic carbocycles. The quantitative estimate of drug-likeness (QED) is 0.128. The molecule has 0 saturated carbocycles. The number of hydrogen-bond donors (Lipinski definition) is 0. The topological polar surface area (TPSA) is 31.4 Å². The van der Waals surface area contributed by atoms with E-state index >= 15 is 0 Å². The maximum Gasteiger partial charge on any atom is 0.264 e. The normalized spacial score (nSPS) is 14.8. The Morgan fingerprint density at radius 2 is 0.670 bits per heavy atom. The van der Waals surface area contributed by atoms with E-state index in [4.69, 9.17) is 9.47 Å². The predicted molar refractivity (Wildman–Crippen MR) is 438 cm³/mol. The van der Waals surface area contributed by atoms with Crippen LogP contribution in [0.2, 0.25) is 0 Å². The van der Waals surface area contributed by atoms with Crippen molar-refractivity contribution in [3.63, 3.8) is 0 Å². The van der Waals surface area contributed by atoms with E-state index < -0.39 is 0 Å². The number of hydrogen-bond acceptors (Lipinski definition) is 9. The van der Waals surface area contributed by atoms with Gasteiger partial charge in [-0.25, -0.2) is 0 Å². The molecule has 6 nitrogen and oxygen atoms in total. The number of nitrogens with zero attached hydrogens (tertiary/aromatic N) is 4. The maximum atomic E-state index is 7.56. The Labute approximate surface area is 604 Å². The molecule has 0 atom stereocenters. The average molecular weight is 1360 g/mol. The molecule has 0 N–H and O–H groups in total. The number of fused-ring (bicyclic) bond motifs is 16. The molecule has 0 radical (unpaired) electrons. The van der Waals surface area contributed by atoms with Crippen LogP contribution in [-0.2, 0) is 27.1 Å². The summed E-state index contributed by atoms with van der Waals surface area (Å²) < 4.78 is 22.8. The predicted octanol–water partition coefficient (Wildman–Crippen LogP) is 19.4. The lowest BCUT2D eigenvalue weighted by Crippen LogP contribution is -2.64. The van der Waals surface area contributed by atoms with Crippen molar-refractivity contribution in [2.24, 2.45) is 0 Å². The third-order valence-corrected chi connectivity index (χ3v) is 25.5. The Bertz CT molecular complexity index is 5520. The molecule has 12 heteroatoms. The number of ether oxygens (including phenoxy) is 2. The molecule has 6 aliphatic rings. The Kier molecular flexibility index (Phi) is 13.7. The van der Waals surface area contributed by atoms with Crippen molar-refractivity contribution in [3.05, 3.63) is 214 Å². The number of benzene rings is 10. The molecule has 0 aliphatic carbocycles. The van der Waals surface area contributed by atoms with Gasteiger partial charge in [0.2, 0.25) is 0 Å². The standard InChI is InChI=1S/C88H85B3N4O2S3/c1-48-36-67-77-68(37-48)93(57-30-22-52(23-31-57)85(7,8)9)80-59-42-54(87(13,14)15)26-34-75(59)99-82(80)90(77)61-44-63-71(46-65(61)92(67)56-28-20-51(21-29-56)84(4,5)6)96-73-40-50(3)41-74-79(73)89(63)64-45-62-66(47-72(64)97-74)95(98-19)70-39-49(2)38-69-78(70)91(62)83-81(60-43-55(88(16,17)18)27-35-76(60)100-83)94(69)58-32-24-53(25-33-58)86(10,11)12/h20-47H,1-19H3. The number of rotatable bonds is 4. The second kappa shape index (κ2) is 21.5. The van der Waals surface area contributed by atoms with Gasteiger partial charge in [0.1, 0.15) is 23.0 Å². The highest BCUT2D eigenvalue weighted by atomic mass is 32.2. The van der Waals surface area contributed by atoms with Gasteiger partial charge < -0.3 is 24.2 Å². The molecular formula is C88H85B3N4O2S3. The van der Waals surface area contributed by atoms with Crippen molar-refractivity contribution in [3.8, 4) is 23.0 Å². The minimum atomic E-state index is -0.232. The van der Waals surface area contributed by atoms with Crippen LogP contribution in [0.3, 0.4) is 0 Å². The molecule has 0 spiro atoms. The zero-order valence-electron chi connectivity index (χ0n) is 61.2. The van der Waals surface area contributed by atoms with Crippen LogP contribution in [0.25, 0.3) is 20.2 Å². The molecule has 12 aromatic rings. The largest absolute Gasteiger partial charge is 0.458 e. The van der Waals surface area contributed by atoms with E-state index in [1.165, 1.54) is 130 Å². The molecule has 8 heterocycles. The first-order valence-electron chi connectivity index (χ1n) is 35.7. The first-order valence-corrected chi connectivity index (χ1v) is 38.6. The summed E-state index contributed by atoms with van der Waals surface area (Å²) in [4.78, 5) is 7.82. The fourth-order valence-corrected chi connectivity index (χ4v) is 20.4. The van der Waals surface area contributed by atoms with Crippen molar-refractivity contribution in [1.29, 1.82) is 0 Å². The molecule has 0 amide bonds. The van der Waals surface area contributed by atoms with Crippen LogP contribution in [0.15, 0.2) is 170 Å². The van der Waals surface area contributed by atoms with E-state index in [1.807, 2.05) is 22.7 Å². The van der Waals surface area contributed by atoms with E-state index in [9.17, 15) is 0 Å². The zero-order valence-corrected chi connectivity index (χ0v) is 63.7. The lowest BCUT2D eigenvalue weighted by atomic mass is 9.31. The van der Waals surface area contributed by atoms with Gasteiger partial charge in [-0.15, -0.1) is 22.7 Å².